The molecule has 234 valence electrons. The lowest BCUT2D eigenvalue weighted by Gasteiger charge is -2.27. The highest BCUT2D eigenvalue weighted by Crippen LogP contribution is 2.29. The third kappa shape index (κ3) is 7.26. The molecule has 0 aromatic heterocycles. The highest BCUT2D eigenvalue weighted by atomic mass is 16.5. The number of nitrogens with zero attached hydrogens (tertiary/aromatic N) is 1. The van der Waals surface area contributed by atoms with Crippen LogP contribution >= 0.6 is 0 Å². The molecule has 0 saturated carbocycles. The summed E-state index contributed by atoms with van der Waals surface area (Å²) in [6.45, 7) is 1.93. The second kappa shape index (κ2) is 14.2. The minimum atomic E-state index is -1.36. The number of para-hydroxylation sites is 4. The predicted molar refractivity (Wildman–Crippen MR) is 160 cm³/mol. The van der Waals surface area contributed by atoms with Gasteiger partial charge in [0.05, 0.1) is 42.3 Å². The van der Waals surface area contributed by atoms with Crippen molar-refractivity contribution in [1.29, 1.82) is 0 Å². The molecule has 3 aromatic carbocycles. The van der Waals surface area contributed by atoms with Crippen LogP contribution in [0.15, 0.2) is 66.7 Å². The van der Waals surface area contributed by atoms with Crippen molar-refractivity contribution in [3.05, 3.63) is 83.4 Å². The normalized spacial score (nSPS) is 12.7. The Bertz CT molecular complexity index is 1650. The number of amides is 4. The molecule has 13 nitrogen and oxygen atoms in total. The number of carbonyl (C=O) groups is 6. The van der Waals surface area contributed by atoms with E-state index in [0.717, 1.165) is 4.90 Å². The molecule has 1 aliphatic heterocycles. The highest BCUT2D eigenvalue weighted by molar-refractivity contribution is 6.23. The number of methoxy groups -OCH3 is 2. The maximum absolute atomic E-state index is 13.4. The average molecular weight is 618 g/mol. The zero-order chi connectivity index (χ0) is 32.7. The molecule has 0 fully saturated rings. The highest BCUT2D eigenvalue weighted by Gasteiger charge is 2.45. The summed E-state index contributed by atoms with van der Waals surface area (Å²) < 4.78 is 20.7. The molecule has 3 aromatic rings. The minimum absolute atomic E-state index is 0.0298. The molecule has 0 radical (unpaired) electrons. The Morgan fingerprint density at radius 1 is 0.711 bits per heavy atom. The van der Waals surface area contributed by atoms with Crippen LogP contribution in [0.1, 0.15) is 44.9 Å². The Hall–Kier alpha value is -5.72. The van der Waals surface area contributed by atoms with Crippen LogP contribution in [0.4, 0.5) is 11.4 Å². The monoisotopic (exact) mass is 617 g/mol. The van der Waals surface area contributed by atoms with Crippen molar-refractivity contribution >= 4 is 46.9 Å². The van der Waals surface area contributed by atoms with Gasteiger partial charge < -0.3 is 29.6 Å². The number of anilines is 2. The van der Waals surface area contributed by atoms with E-state index in [0.29, 0.717) is 22.9 Å². The van der Waals surface area contributed by atoms with Crippen LogP contribution < -0.4 is 20.1 Å². The molecule has 45 heavy (non-hydrogen) atoms. The number of rotatable bonds is 12. The molecule has 4 amide bonds. The predicted octanol–water partition coefficient (Wildman–Crippen LogP) is 3.30. The van der Waals surface area contributed by atoms with E-state index in [1.807, 2.05) is 0 Å². The molecule has 1 atom stereocenters. The minimum Gasteiger partial charge on any atom is -0.495 e. The fraction of sp³-hybridized carbons (Fsp3) is 0.250. The summed E-state index contributed by atoms with van der Waals surface area (Å²) in [5.41, 5.74) is 0.517. The molecule has 13 heteroatoms. The van der Waals surface area contributed by atoms with Crippen LogP contribution in [-0.2, 0) is 23.9 Å². The zero-order valence-electron chi connectivity index (χ0n) is 24.9. The van der Waals surface area contributed by atoms with E-state index in [1.54, 1.807) is 62.4 Å². The van der Waals surface area contributed by atoms with Gasteiger partial charge in [0.2, 0.25) is 0 Å². The van der Waals surface area contributed by atoms with Crippen LogP contribution in [0.3, 0.4) is 0 Å². The van der Waals surface area contributed by atoms with Gasteiger partial charge in [-0.3, -0.25) is 24.1 Å². The van der Waals surface area contributed by atoms with E-state index in [4.69, 9.17) is 18.9 Å². The van der Waals surface area contributed by atoms with Gasteiger partial charge in [0.1, 0.15) is 17.5 Å². The Morgan fingerprint density at radius 2 is 1.22 bits per heavy atom. The number of nitrogens with one attached hydrogen (secondary N) is 2. The lowest BCUT2D eigenvalue weighted by molar-refractivity contribution is -0.152. The maximum atomic E-state index is 13.4. The Balaban J connectivity index is 1.40. The molecule has 4 rings (SSSR count). The molecule has 0 bridgehead atoms. The first kappa shape index (κ1) is 32.2. The molecule has 2 N–H and O–H groups in total. The van der Waals surface area contributed by atoms with E-state index in [1.165, 1.54) is 32.4 Å². The number of hydrogen-bond donors (Lipinski definition) is 2. The van der Waals surface area contributed by atoms with E-state index in [2.05, 4.69) is 10.6 Å². The number of ether oxygens (including phenoxy) is 4. The van der Waals surface area contributed by atoms with Crippen LogP contribution in [-0.4, -0.2) is 73.9 Å². The summed E-state index contributed by atoms with van der Waals surface area (Å²) in [7, 11) is 2.89. The van der Waals surface area contributed by atoms with Crippen molar-refractivity contribution in [2.45, 2.75) is 19.9 Å². The molecular formula is C32H31N3O10. The van der Waals surface area contributed by atoms with Gasteiger partial charge in [-0.15, -0.1) is 0 Å². The SMILES string of the molecule is COc1ccccc1NC(=O)COC(=O)c1ccc2c(c1)C(=O)N([C@@H](C(=O)OCC(=O)Nc1ccccc1OC)C(C)C)C2=O. The number of carbonyl (C=O) groups excluding carboxylic acids is 6. The van der Waals surface area contributed by atoms with Gasteiger partial charge in [0, 0.05) is 0 Å². The largest absolute Gasteiger partial charge is 0.495 e. The van der Waals surface area contributed by atoms with Gasteiger partial charge in [-0.2, -0.15) is 0 Å². The number of esters is 2. The number of imide groups is 1. The van der Waals surface area contributed by atoms with E-state index < -0.39 is 60.7 Å². The van der Waals surface area contributed by atoms with Crippen molar-refractivity contribution in [1.82, 2.24) is 4.90 Å². The van der Waals surface area contributed by atoms with Crippen LogP contribution in [0.25, 0.3) is 0 Å². The lowest BCUT2D eigenvalue weighted by Crippen LogP contribution is -2.49. The molecule has 0 unspecified atom stereocenters. The summed E-state index contributed by atoms with van der Waals surface area (Å²) in [6, 6.07) is 15.7. The van der Waals surface area contributed by atoms with Crippen molar-refractivity contribution in [3.8, 4) is 11.5 Å². The molecule has 1 aliphatic rings. The number of hydrogen-bond acceptors (Lipinski definition) is 10. The van der Waals surface area contributed by atoms with Crippen LogP contribution in [0, 0.1) is 5.92 Å². The smallest absolute Gasteiger partial charge is 0.338 e. The molecule has 1 heterocycles. The molecular weight excluding hydrogens is 586 g/mol. The third-order valence-electron chi connectivity index (χ3n) is 6.75. The van der Waals surface area contributed by atoms with Crippen molar-refractivity contribution in [2.24, 2.45) is 5.92 Å². The van der Waals surface area contributed by atoms with E-state index in [-0.39, 0.29) is 16.7 Å². The Morgan fingerprint density at radius 3 is 1.76 bits per heavy atom. The Kier molecular flexibility index (Phi) is 10.1. The fourth-order valence-electron chi connectivity index (χ4n) is 4.62. The summed E-state index contributed by atoms with van der Waals surface area (Å²) in [5, 5.41) is 5.15. The Labute approximate surface area is 258 Å². The van der Waals surface area contributed by atoms with Crippen molar-refractivity contribution < 1.29 is 47.7 Å². The summed E-state index contributed by atoms with van der Waals surface area (Å²) in [4.78, 5) is 78.0. The second-order valence-electron chi connectivity index (χ2n) is 10.1. The standard InChI is InChI=1S/C32H31N3O10/c1-18(2)28(32(41)45-17-27(37)34-23-10-6-8-12-25(23)43-4)35-29(38)20-14-13-19(15-21(20)30(35)39)31(40)44-16-26(36)33-22-9-5-7-11-24(22)42-3/h5-15,18,28H,16-17H2,1-4H3,(H,33,36)(H,34,37)/t28-/m1/s1. The second-order valence-corrected chi connectivity index (χ2v) is 10.1. The number of benzene rings is 3. The van der Waals surface area contributed by atoms with Gasteiger partial charge in [-0.05, 0) is 48.4 Å². The van der Waals surface area contributed by atoms with Gasteiger partial charge in [0.25, 0.3) is 23.6 Å². The lowest BCUT2D eigenvalue weighted by atomic mass is 10.0. The first-order valence-corrected chi connectivity index (χ1v) is 13.8. The first-order valence-electron chi connectivity index (χ1n) is 13.8. The van der Waals surface area contributed by atoms with Crippen molar-refractivity contribution in [3.63, 3.8) is 0 Å². The van der Waals surface area contributed by atoms with Gasteiger partial charge in [-0.25, -0.2) is 9.59 Å². The van der Waals surface area contributed by atoms with E-state index in [9.17, 15) is 28.8 Å². The number of fused-ring (bicyclic) bond motifs is 1. The summed E-state index contributed by atoms with van der Waals surface area (Å²) in [5.74, 6) is -4.50. The summed E-state index contributed by atoms with van der Waals surface area (Å²) in [6.07, 6.45) is 0. The fourth-order valence-corrected chi connectivity index (χ4v) is 4.62. The summed E-state index contributed by atoms with van der Waals surface area (Å²) >= 11 is 0. The zero-order valence-corrected chi connectivity index (χ0v) is 24.9. The van der Waals surface area contributed by atoms with Gasteiger partial charge in [0.15, 0.2) is 13.2 Å². The molecule has 0 saturated heterocycles. The van der Waals surface area contributed by atoms with Gasteiger partial charge >= 0.3 is 11.9 Å². The van der Waals surface area contributed by atoms with Gasteiger partial charge in [-0.1, -0.05) is 38.1 Å². The average Bonchev–Trinajstić information content (AvgIpc) is 3.27. The quantitative estimate of drug-likeness (QED) is 0.227. The maximum Gasteiger partial charge on any atom is 0.338 e. The van der Waals surface area contributed by atoms with Crippen LogP contribution in [0.5, 0.6) is 11.5 Å². The van der Waals surface area contributed by atoms with E-state index >= 15 is 0 Å². The van der Waals surface area contributed by atoms with Crippen molar-refractivity contribution in [2.75, 3.05) is 38.1 Å². The first-order chi connectivity index (χ1) is 21.5. The molecule has 0 aliphatic carbocycles. The van der Waals surface area contributed by atoms with Crippen LogP contribution in [0.2, 0.25) is 0 Å². The topological polar surface area (TPSA) is 167 Å². The molecule has 0 spiro atoms. The third-order valence-corrected chi connectivity index (χ3v) is 6.75.